The van der Waals surface area contributed by atoms with Gasteiger partial charge in [0.1, 0.15) is 0 Å². The summed E-state index contributed by atoms with van der Waals surface area (Å²) < 4.78 is 16.2. The van der Waals surface area contributed by atoms with E-state index in [-0.39, 0.29) is 17.1 Å². The number of methoxy groups -OCH3 is 1. The van der Waals surface area contributed by atoms with Gasteiger partial charge in [-0.05, 0) is 37.6 Å². The van der Waals surface area contributed by atoms with Crippen molar-refractivity contribution in [2.24, 2.45) is 0 Å². The maximum Gasteiger partial charge on any atom is 0.330 e. The Bertz CT molecular complexity index is 318. The zero-order valence-corrected chi connectivity index (χ0v) is 15.0. The number of rotatable bonds is 8. The molecule has 0 aromatic rings. The average Bonchev–Trinajstić information content (AvgIpc) is 2.32. The summed E-state index contributed by atoms with van der Waals surface area (Å²) in [6, 6.07) is 0. The molecule has 5 heteroatoms. The van der Waals surface area contributed by atoms with E-state index in [0.29, 0.717) is 13.2 Å². The first-order valence-corrected chi connectivity index (χ1v) is 10.1. The fourth-order valence-corrected chi connectivity index (χ4v) is 2.38. The van der Waals surface area contributed by atoms with Crippen LogP contribution in [-0.2, 0) is 18.7 Å². The lowest BCUT2D eigenvalue weighted by molar-refractivity contribution is -0.137. The summed E-state index contributed by atoms with van der Waals surface area (Å²) in [5.74, 6) is -0.333. The standard InChI is InChI=1S/C15H30O4Si/c1-8-18-14(16)10-9-13(17-5)11-12-19-20(6,7)15(2,3)4/h9-10,13H,8,11-12H2,1-7H3/b10-9+/t13-/m0/s1. The summed E-state index contributed by atoms with van der Waals surface area (Å²) in [5, 5.41) is 0.205. The lowest BCUT2D eigenvalue weighted by Crippen LogP contribution is -2.41. The minimum absolute atomic E-state index is 0.121. The maximum absolute atomic E-state index is 11.2. The van der Waals surface area contributed by atoms with Gasteiger partial charge in [-0.3, -0.25) is 0 Å². The monoisotopic (exact) mass is 302 g/mol. The van der Waals surface area contributed by atoms with E-state index in [0.717, 1.165) is 6.42 Å². The molecular weight excluding hydrogens is 272 g/mol. The van der Waals surface area contributed by atoms with Gasteiger partial charge in [0, 0.05) is 19.8 Å². The van der Waals surface area contributed by atoms with E-state index in [1.165, 1.54) is 6.08 Å². The van der Waals surface area contributed by atoms with Crippen molar-refractivity contribution >= 4 is 14.3 Å². The average molecular weight is 302 g/mol. The number of hydrogen-bond donors (Lipinski definition) is 0. The molecule has 0 aliphatic carbocycles. The summed E-state index contributed by atoms with van der Waals surface area (Å²) in [4.78, 5) is 11.2. The van der Waals surface area contributed by atoms with Gasteiger partial charge in [0.25, 0.3) is 0 Å². The molecule has 0 radical (unpaired) electrons. The molecule has 1 atom stereocenters. The lowest BCUT2D eigenvalue weighted by atomic mass is 10.2. The van der Waals surface area contributed by atoms with Crippen LogP contribution in [0.25, 0.3) is 0 Å². The Labute approximate surface area is 124 Å². The second kappa shape index (κ2) is 8.59. The molecule has 0 unspecified atom stereocenters. The summed E-state index contributed by atoms with van der Waals surface area (Å²) in [6.45, 7) is 13.9. The first-order valence-electron chi connectivity index (χ1n) is 7.15. The van der Waals surface area contributed by atoms with Crippen molar-refractivity contribution in [1.29, 1.82) is 0 Å². The van der Waals surface area contributed by atoms with Crippen molar-refractivity contribution in [2.45, 2.75) is 58.4 Å². The van der Waals surface area contributed by atoms with Gasteiger partial charge in [-0.25, -0.2) is 4.79 Å². The van der Waals surface area contributed by atoms with E-state index < -0.39 is 8.32 Å². The molecule has 0 N–H and O–H groups in total. The van der Waals surface area contributed by atoms with Crippen LogP contribution in [0.15, 0.2) is 12.2 Å². The molecular formula is C15H30O4Si. The summed E-state index contributed by atoms with van der Waals surface area (Å²) in [5.41, 5.74) is 0. The molecule has 0 fully saturated rings. The molecule has 0 saturated heterocycles. The van der Waals surface area contributed by atoms with Crippen molar-refractivity contribution in [3.05, 3.63) is 12.2 Å². The number of carbonyl (C=O) groups excluding carboxylic acids is 1. The van der Waals surface area contributed by atoms with E-state index in [1.807, 2.05) is 0 Å². The van der Waals surface area contributed by atoms with Crippen molar-refractivity contribution in [1.82, 2.24) is 0 Å². The first kappa shape index (κ1) is 19.3. The van der Waals surface area contributed by atoms with Gasteiger partial charge in [0.2, 0.25) is 0 Å². The van der Waals surface area contributed by atoms with Crippen molar-refractivity contribution in [3.8, 4) is 0 Å². The molecule has 0 spiro atoms. The predicted octanol–water partition coefficient (Wildman–Crippen LogP) is 3.53. The third kappa shape index (κ3) is 7.22. The fraction of sp³-hybridized carbons (Fsp3) is 0.800. The van der Waals surface area contributed by atoms with Gasteiger partial charge < -0.3 is 13.9 Å². The third-order valence-corrected chi connectivity index (χ3v) is 8.25. The Morgan fingerprint density at radius 2 is 1.90 bits per heavy atom. The molecule has 4 nitrogen and oxygen atoms in total. The molecule has 0 aromatic heterocycles. The number of esters is 1. The van der Waals surface area contributed by atoms with Crippen LogP contribution in [0, 0.1) is 0 Å². The van der Waals surface area contributed by atoms with Gasteiger partial charge in [-0.1, -0.05) is 20.8 Å². The number of ether oxygens (including phenoxy) is 2. The zero-order chi connectivity index (χ0) is 15.8. The van der Waals surface area contributed by atoms with Gasteiger partial charge >= 0.3 is 5.97 Å². The maximum atomic E-state index is 11.2. The van der Waals surface area contributed by atoms with E-state index in [9.17, 15) is 4.79 Å². The second-order valence-corrected chi connectivity index (χ2v) is 11.1. The SMILES string of the molecule is CCOC(=O)/C=C/[C@@H](CCO[Si](C)(C)C(C)(C)C)OC. The molecule has 0 aromatic carbocycles. The Hall–Kier alpha value is -0.653. The Kier molecular flexibility index (Phi) is 8.31. The highest BCUT2D eigenvalue weighted by Gasteiger charge is 2.36. The van der Waals surface area contributed by atoms with Gasteiger partial charge in [0.05, 0.1) is 12.7 Å². The molecule has 0 rings (SSSR count). The van der Waals surface area contributed by atoms with E-state index in [1.54, 1.807) is 20.1 Å². The minimum Gasteiger partial charge on any atom is -0.463 e. The summed E-state index contributed by atoms with van der Waals surface area (Å²) in [7, 11) is -0.0818. The Morgan fingerprint density at radius 3 is 2.35 bits per heavy atom. The highest BCUT2D eigenvalue weighted by molar-refractivity contribution is 6.74. The van der Waals surface area contributed by atoms with Crippen molar-refractivity contribution in [3.63, 3.8) is 0 Å². The molecule has 0 saturated carbocycles. The van der Waals surface area contributed by atoms with Crippen LogP contribution in [0.3, 0.4) is 0 Å². The quantitative estimate of drug-likeness (QED) is 0.391. The highest BCUT2D eigenvalue weighted by Crippen LogP contribution is 2.36. The van der Waals surface area contributed by atoms with Gasteiger partial charge in [-0.15, -0.1) is 0 Å². The lowest BCUT2D eigenvalue weighted by Gasteiger charge is -2.36. The van der Waals surface area contributed by atoms with Crippen LogP contribution < -0.4 is 0 Å². The van der Waals surface area contributed by atoms with E-state index in [2.05, 4.69) is 33.9 Å². The number of hydrogen-bond acceptors (Lipinski definition) is 4. The van der Waals surface area contributed by atoms with E-state index in [4.69, 9.17) is 13.9 Å². The normalized spacial score (nSPS) is 14.6. The van der Waals surface area contributed by atoms with Crippen LogP contribution in [0.1, 0.15) is 34.1 Å². The minimum atomic E-state index is -1.71. The van der Waals surface area contributed by atoms with E-state index >= 15 is 0 Å². The third-order valence-electron chi connectivity index (χ3n) is 3.71. The number of carbonyl (C=O) groups is 1. The van der Waals surface area contributed by atoms with Crippen LogP contribution in [0.4, 0.5) is 0 Å². The van der Waals surface area contributed by atoms with Crippen LogP contribution in [0.2, 0.25) is 18.1 Å². The summed E-state index contributed by atoms with van der Waals surface area (Å²) >= 11 is 0. The largest absolute Gasteiger partial charge is 0.463 e. The summed E-state index contributed by atoms with van der Waals surface area (Å²) in [6.07, 6.45) is 3.76. The predicted molar refractivity (Wildman–Crippen MR) is 84.3 cm³/mol. The van der Waals surface area contributed by atoms with Crippen LogP contribution in [-0.4, -0.2) is 40.7 Å². The smallest absolute Gasteiger partial charge is 0.330 e. The Morgan fingerprint density at radius 1 is 1.30 bits per heavy atom. The van der Waals surface area contributed by atoms with Gasteiger partial charge in [-0.2, -0.15) is 0 Å². The van der Waals surface area contributed by atoms with Crippen LogP contribution in [0.5, 0.6) is 0 Å². The molecule has 0 amide bonds. The zero-order valence-electron chi connectivity index (χ0n) is 14.0. The second-order valence-electron chi connectivity index (χ2n) is 6.28. The van der Waals surface area contributed by atoms with Crippen molar-refractivity contribution < 1.29 is 18.7 Å². The Balaban J connectivity index is 4.24. The molecule has 0 heterocycles. The molecule has 20 heavy (non-hydrogen) atoms. The molecule has 0 aliphatic rings. The fourth-order valence-electron chi connectivity index (χ4n) is 1.32. The molecule has 0 bridgehead atoms. The molecule has 118 valence electrons. The first-order chi connectivity index (χ1) is 9.14. The topological polar surface area (TPSA) is 44.8 Å². The molecule has 0 aliphatic heterocycles. The van der Waals surface area contributed by atoms with Crippen LogP contribution >= 0.6 is 0 Å². The van der Waals surface area contributed by atoms with Crippen molar-refractivity contribution in [2.75, 3.05) is 20.3 Å². The van der Waals surface area contributed by atoms with Gasteiger partial charge in [0.15, 0.2) is 8.32 Å². The highest BCUT2D eigenvalue weighted by atomic mass is 28.4.